The summed E-state index contributed by atoms with van der Waals surface area (Å²) in [6.07, 6.45) is 5.51. The van der Waals surface area contributed by atoms with Gasteiger partial charge in [-0.2, -0.15) is 0 Å². The number of nitrogens with one attached hydrogen (secondary N) is 2. The maximum atomic E-state index is 12.9. The summed E-state index contributed by atoms with van der Waals surface area (Å²) in [7, 11) is 0. The first-order chi connectivity index (χ1) is 14.2. The summed E-state index contributed by atoms with van der Waals surface area (Å²) in [5.74, 6) is 0.268. The summed E-state index contributed by atoms with van der Waals surface area (Å²) in [5, 5.41) is 0. The topological polar surface area (TPSA) is 77.6 Å². The number of pyridine rings is 1. The van der Waals surface area contributed by atoms with E-state index in [0.29, 0.717) is 39.0 Å². The highest BCUT2D eigenvalue weighted by atomic mass is 16.2. The number of hydrogen-bond donors (Lipinski definition) is 2. The molecule has 0 saturated carbocycles. The molecule has 4 rings (SSSR count). The first-order valence-electron chi connectivity index (χ1n) is 10.2. The van der Waals surface area contributed by atoms with Gasteiger partial charge in [0, 0.05) is 51.0 Å². The van der Waals surface area contributed by atoms with Crippen LogP contribution in [0.1, 0.15) is 30.0 Å². The molecule has 1 aromatic heterocycles. The summed E-state index contributed by atoms with van der Waals surface area (Å²) in [4.78, 5) is 33.2. The Morgan fingerprint density at radius 1 is 0.931 bits per heavy atom. The number of benzene rings is 1. The lowest BCUT2D eigenvalue weighted by atomic mass is 10.0. The van der Waals surface area contributed by atoms with Gasteiger partial charge < -0.3 is 9.80 Å². The monoisotopic (exact) mass is 393 g/mol. The van der Waals surface area contributed by atoms with Gasteiger partial charge in [0.15, 0.2) is 0 Å². The lowest BCUT2D eigenvalue weighted by Crippen LogP contribution is -2.54. The van der Waals surface area contributed by atoms with E-state index < -0.39 is 0 Å². The molecule has 0 spiro atoms. The molecule has 0 aliphatic carbocycles. The second kappa shape index (κ2) is 9.15. The Morgan fingerprint density at radius 2 is 1.62 bits per heavy atom. The van der Waals surface area contributed by atoms with Crippen LogP contribution in [0.5, 0.6) is 0 Å². The van der Waals surface area contributed by atoms with Crippen molar-refractivity contribution in [3.63, 3.8) is 0 Å². The Kier molecular flexibility index (Phi) is 6.17. The van der Waals surface area contributed by atoms with Gasteiger partial charge in [-0.15, -0.1) is 0 Å². The van der Waals surface area contributed by atoms with Crippen LogP contribution in [0.25, 0.3) is 0 Å². The second-order valence-electron chi connectivity index (χ2n) is 7.60. The van der Waals surface area contributed by atoms with Gasteiger partial charge in [-0.25, -0.2) is 10.9 Å². The van der Waals surface area contributed by atoms with E-state index in [-0.39, 0.29) is 23.9 Å². The van der Waals surface area contributed by atoms with Gasteiger partial charge in [0.2, 0.25) is 11.8 Å². The van der Waals surface area contributed by atoms with Crippen LogP contribution in [0.3, 0.4) is 0 Å². The number of nitrogens with zero attached hydrogens (tertiary/aromatic N) is 3. The Balaban J connectivity index is 1.23. The van der Waals surface area contributed by atoms with Crippen molar-refractivity contribution >= 4 is 11.8 Å². The van der Waals surface area contributed by atoms with Gasteiger partial charge in [-0.1, -0.05) is 30.3 Å². The minimum atomic E-state index is -0.242. The quantitative estimate of drug-likeness (QED) is 0.801. The van der Waals surface area contributed by atoms with E-state index in [1.165, 1.54) is 5.56 Å². The largest absolute Gasteiger partial charge is 0.339 e. The second-order valence-corrected chi connectivity index (χ2v) is 7.60. The van der Waals surface area contributed by atoms with Gasteiger partial charge >= 0.3 is 0 Å². The summed E-state index contributed by atoms with van der Waals surface area (Å²) in [5.41, 5.74) is 8.65. The van der Waals surface area contributed by atoms with Crippen LogP contribution in [0.15, 0.2) is 54.9 Å². The predicted molar refractivity (Wildman–Crippen MR) is 110 cm³/mol. The number of carbonyl (C=O) groups excluding carboxylic acids is 2. The van der Waals surface area contributed by atoms with Crippen LogP contribution in [-0.2, 0) is 16.0 Å². The SMILES string of the molecule is O=C(CCc1ccccc1)N1CCN(C(=O)C2CC(c3ccncc3)NN2)CC1. The average molecular weight is 393 g/mol. The number of aryl methyl sites for hydroxylation is 1. The van der Waals surface area contributed by atoms with E-state index in [9.17, 15) is 9.59 Å². The molecule has 29 heavy (non-hydrogen) atoms. The first-order valence-corrected chi connectivity index (χ1v) is 10.2. The molecular weight excluding hydrogens is 366 g/mol. The Hall–Kier alpha value is -2.77. The molecule has 2 aliphatic heterocycles. The molecule has 0 bridgehead atoms. The molecule has 2 saturated heterocycles. The van der Waals surface area contributed by atoms with Crippen molar-refractivity contribution in [3.8, 4) is 0 Å². The van der Waals surface area contributed by atoms with E-state index in [1.54, 1.807) is 12.4 Å². The van der Waals surface area contributed by atoms with Crippen LogP contribution in [0, 0.1) is 0 Å². The molecule has 1 aromatic carbocycles. The predicted octanol–water partition coefficient (Wildman–Crippen LogP) is 1.29. The van der Waals surface area contributed by atoms with Crippen LogP contribution < -0.4 is 10.9 Å². The Labute approximate surface area is 171 Å². The molecule has 7 heteroatoms. The molecule has 2 N–H and O–H groups in total. The lowest BCUT2D eigenvalue weighted by Gasteiger charge is -2.36. The first kappa shape index (κ1) is 19.5. The highest BCUT2D eigenvalue weighted by Crippen LogP contribution is 2.22. The molecule has 152 valence electrons. The standard InChI is InChI=1S/C22H27N5O2/c28-21(7-6-17-4-2-1-3-5-17)26-12-14-27(15-13-26)22(29)20-16-19(24-25-20)18-8-10-23-11-9-18/h1-5,8-11,19-20,24-25H,6-7,12-16H2. The van der Waals surface area contributed by atoms with Gasteiger partial charge in [0.1, 0.15) is 6.04 Å². The minimum absolute atomic E-state index is 0.102. The fraction of sp³-hybridized carbons (Fsp3) is 0.409. The van der Waals surface area contributed by atoms with Gasteiger partial charge in [-0.3, -0.25) is 14.6 Å². The smallest absolute Gasteiger partial charge is 0.241 e. The summed E-state index contributed by atoms with van der Waals surface area (Å²) in [6.45, 7) is 2.39. The maximum Gasteiger partial charge on any atom is 0.241 e. The highest BCUT2D eigenvalue weighted by Gasteiger charge is 2.34. The van der Waals surface area contributed by atoms with Crippen molar-refractivity contribution in [3.05, 3.63) is 66.0 Å². The number of carbonyl (C=O) groups is 2. The zero-order chi connectivity index (χ0) is 20.1. The van der Waals surface area contributed by atoms with Gasteiger partial charge in [0.05, 0.1) is 0 Å². The molecule has 2 amide bonds. The van der Waals surface area contributed by atoms with E-state index in [0.717, 1.165) is 12.0 Å². The van der Waals surface area contributed by atoms with Crippen LogP contribution in [0.4, 0.5) is 0 Å². The minimum Gasteiger partial charge on any atom is -0.339 e. The van der Waals surface area contributed by atoms with Crippen LogP contribution >= 0.6 is 0 Å². The number of amides is 2. The number of rotatable bonds is 5. The summed E-state index contributed by atoms with van der Waals surface area (Å²) in [6, 6.07) is 13.9. The van der Waals surface area contributed by atoms with Gasteiger partial charge in [0.25, 0.3) is 0 Å². The zero-order valence-corrected chi connectivity index (χ0v) is 16.5. The zero-order valence-electron chi connectivity index (χ0n) is 16.5. The van der Waals surface area contributed by atoms with Crippen LogP contribution in [-0.4, -0.2) is 58.8 Å². The molecule has 2 atom stereocenters. The third-order valence-corrected chi connectivity index (χ3v) is 5.72. The Morgan fingerprint density at radius 3 is 2.34 bits per heavy atom. The van der Waals surface area contributed by atoms with Crippen LogP contribution in [0.2, 0.25) is 0 Å². The Bertz CT molecular complexity index is 822. The third kappa shape index (κ3) is 4.81. The van der Waals surface area contributed by atoms with Crippen molar-refractivity contribution in [2.24, 2.45) is 0 Å². The van der Waals surface area contributed by atoms with E-state index in [2.05, 4.69) is 15.8 Å². The maximum absolute atomic E-state index is 12.9. The summed E-state index contributed by atoms with van der Waals surface area (Å²) < 4.78 is 0. The van der Waals surface area contributed by atoms with Crippen molar-refractivity contribution in [1.82, 2.24) is 25.6 Å². The third-order valence-electron chi connectivity index (χ3n) is 5.72. The number of hydrogen-bond acceptors (Lipinski definition) is 5. The molecule has 2 unspecified atom stereocenters. The molecule has 2 fully saturated rings. The molecule has 2 aliphatic rings. The van der Waals surface area contributed by atoms with Gasteiger partial charge in [-0.05, 0) is 36.1 Å². The van der Waals surface area contributed by atoms with E-state index in [1.807, 2.05) is 52.3 Å². The van der Waals surface area contributed by atoms with Crippen molar-refractivity contribution in [2.45, 2.75) is 31.3 Å². The fourth-order valence-electron chi connectivity index (χ4n) is 3.98. The number of aromatic nitrogens is 1. The average Bonchev–Trinajstić information content (AvgIpc) is 3.29. The molecule has 0 radical (unpaired) electrons. The number of piperazine rings is 1. The van der Waals surface area contributed by atoms with Crippen molar-refractivity contribution in [1.29, 1.82) is 0 Å². The molecule has 2 aromatic rings. The fourth-order valence-corrected chi connectivity index (χ4v) is 3.98. The summed E-state index contributed by atoms with van der Waals surface area (Å²) >= 11 is 0. The van der Waals surface area contributed by atoms with Crippen molar-refractivity contribution < 1.29 is 9.59 Å². The lowest BCUT2D eigenvalue weighted by molar-refractivity contribution is -0.140. The molecule has 3 heterocycles. The van der Waals surface area contributed by atoms with Crippen molar-refractivity contribution in [2.75, 3.05) is 26.2 Å². The van der Waals surface area contributed by atoms with E-state index >= 15 is 0 Å². The normalized spacial score (nSPS) is 21.9. The molecular formula is C22H27N5O2. The number of hydrazine groups is 1. The van der Waals surface area contributed by atoms with E-state index in [4.69, 9.17) is 0 Å². The highest BCUT2D eigenvalue weighted by molar-refractivity contribution is 5.83. The molecule has 7 nitrogen and oxygen atoms in total.